The van der Waals surface area contributed by atoms with Gasteiger partial charge >= 0.3 is 0 Å². The highest BCUT2D eigenvalue weighted by Gasteiger charge is 2.68. The quantitative estimate of drug-likeness (QED) is 0.219. The van der Waals surface area contributed by atoms with Crippen LogP contribution in [0.4, 0.5) is 11.4 Å². The average Bonchev–Trinajstić information content (AvgIpc) is 3.18. The van der Waals surface area contributed by atoms with Crippen LogP contribution in [-0.2, 0) is 15.0 Å². The van der Waals surface area contributed by atoms with Gasteiger partial charge in [0.05, 0.1) is 28.6 Å². The highest BCUT2D eigenvalue weighted by molar-refractivity contribution is 6.30. The molecule has 1 saturated heterocycles. The van der Waals surface area contributed by atoms with Gasteiger partial charge in [0.1, 0.15) is 0 Å². The first-order valence-corrected chi connectivity index (χ1v) is 13.2. The van der Waals surface area contributed by atoms with Crippen LogP contribution >= 0.6 is 11.6 Å². The van der Waals surface area contributed by atoms with Crippen molar-refractivity contribution in [3.63, 3.8) is 0 Å². The fourth-order valence-electron chi connectivity index (χ4n) is 7.08. The van der Waals surface area contributed by atoms with Gasteiger partial charge in [0.25, 0.3) is 0 Å². The predicted octanol–water partition coefficient (Wildman–Crippen LogP) is 6.91. The van der Waals surface area contributed by atoms with Gasteiger partial charge in [-0.05, 0) is 65.9 Å². The first-order chi connectivity index (χ1) is 18.4. The molecule has 38 heavy (non-hydrogen) atoms. The summed E-state index contributed by atoms with van der Waals surface area (Å²) in [5.41, 5.74) is 6.74. The normalized spacial score (nSPS) is 25.0. The summed E-state index contributed by atoms with van der Waals surface area (Å²) in [6, 6.07) is 29.7. The Kier molecular flexibility index (Phi) is 5.01. The highest BCUT2D eigenvalue weighted by Crippen LogP contribution is 2.63. The number of amides is 2. The van der Waals surface area contributed by atoms with Gasteiger partial charge in [0, 0.05) is 17.2 Å². The number of anilines is 1. The van der Waals surface area contributed by atoms with E-state index in [1.165, 1.54) is 4.90 Å². The van der Waals surface area contributed by atoms with Crippen LogP contribution in [0.1, 0.15) is 39.3 Å². The molecule has 4 aromatic rings. The monoisotopic (exact) mass is 516 g/mol. The van der Waals surface area contributed by atoms with Crippen molar-refractivity contribution in [1.29, 1.82) is 0 Å². The zero-order valence-corrected chi connectivity index (χ0v) is 21.8. The first kappa shape index (κ1) is 23.1. The predicted molar refractivity (Wildman–Crippen MR) is 150 cm³/mol. The molecule has 0 unspecified atom stereocenters. The molecule has 1 heterocycles. The van der Waals surface area contributed by atoms with Gasteiger partial charge in [0.2, 0.25) is 11.8 Å². The molecule has 0 N–H and O–H groups in total. The van der Waals surface area contributed by atoms with Gasteiger partial charge < -0.3 is 0 Å². The molecule has 1 fully saturated rings. The number of rotatable bonds is 3. The topological polar surface area (TPSA) is 49.7 Å². The Morgan fingerprint density at radius 3 is 2.16 bits per heavy atom. The lowest BCUT2D eigenvalue weighted by Gasteiger charge is -2.52. The maximum atomic E-state index is 14.5. The van der Waals surface area contributed by atoms with E-state index in [2.05, 4.69) is 24.3 Å². The third-order valence-corrected chi connectivity index (χ3v) is 8.74. The molecule has 5 heteroatoms. The molecule has 8 rings (SSSR count). The lowest BCUT2D eigenvalue weighted by Crippen LogP contribution is -2.54. The van der Waals surface area contributed by atoms with Gasteiger partial charge in [-0.15, -0.1) is 0 Å². The molecule has 0 saturated carbocycles. The van der Waals surface area contributed by atoms with E-state index in [1.807, 2.05) is 86.8 Å². The Morgan fingerprint density at radius 1 is 0.816 bits per heavy atom. The minimum Gasteiger partial charge on any atom is -0.274 e. The molecule has 1 aliphatic heterocycles. The van der Waals surface area contributed by atoms with E-state index in [4.69, 9.17) is 16.6 Å². The van der Waals surface area contributed by atoms with Crippen molar-refractivity contribution in [3.05, 3.63) is 129 Å². The molecule has 4 aromatic carbocycles. The van der Waals surface area contributed by atoms with Crippen molar-refractivity contribution >= 4 is 41.0 Å². The maximum Gasteiger partial charge on any atom is 0.239 e. The van der Waals surface area contributed by atoms with Gasteiger partial charge in [-0.2, -0.15) is 0 Å². The number of carbonyl (C=O) groups is 2. The third kappa shape index (κ3) is 3.01. The minimum atomic E-state index is -0.894. The number of aryl methyl sites for hydroxylation is 2. The van der Waals surface area contributed by atoms with Crippen LogP contribution in [0.5, 0.6) is 0 Å². The summed E-state index contributed by atoms with van der Waals surface area (Å²) in [4.78, 5) is 35.1. The van der Waals surface area contributed by atoms with Crippen molar-refractivity contribution < 1.29 is 9.59 Å². The zero-order chi connectivity index (χ0) is 26.2. The van der Waals surface area contributed by atoms with E-state index in [0.29, 0.717) is 16.4 Å². The lowest BCUT2D eigenvalue weighted by atomic mass is 9.47. The fraction of sp³-hybridized carbons (Fsp3) is 0.182. The Hall–Kier alpha value is -4.02. The van der Waals surface area contributed by atoms with Gasteiger partial charge in [-0.25, -0.2) is 4.90 Å². The molecule has 2 bridgehead atoms. The van der Waals surface area contributed by atoms with E-state index in [-0.39, 0.29) is 17.7 Å². The molecular formula is C33H25ClN2O2. The highest BCUT2D eigenvalue weighted by atomic mass is 35.5. The molecule has 3 aliphatic carbocycles. The molecule has 4 aliphatic rings. The van der Waals surface area contributed by atoms with E-state index < -0.39 is 17.3 Å². The molecule has 0 spiro atoms. The Morgan fingerprint density at radius 2 is 1.50 bits per heavy atom. The van der Waals surface area contributed by atoms with Crippen LogP contribution in [0.2, 0.25) is 5.02 Å². The maximum absolute atomic E-state index is 14.5. The number of imide groups is 1. The van der Waals surface area contributed by atoms with Gasteiger partial charge in [-0.3, -0.25) is 14.6 Å². The lowest BCUT2D eigenvalue weighted by molar-refractivity contribution is -0.122. The molecule has 0 radical (unpaired) electrons. The summed E-state index contributed by atoms with van der Waals surface area (Å²) < 4.78 is 0. The van der Waals surface area contributed by atoms with Crippen LogP contribution in [0, 0.1) is 25.7 Å². The molecule has 2 atom stereocenters. The van der Waals surface area contributed by atoms with Crippen molar-refractivity contribution in [2.24, 2.45) is 16.8 Å². The van der Waals surface area contributed by atoms with Crippen molar-refractivity contribution in [2.45, 2.75) is 25.2 Å². The smallest absolute Gasteiger partial charge is 0.239 e. The number of hydrogen-bond acceptors (Lipinski definition) is 3. The molecule has 4 nitrogen and oxygen atoms in total. The molecule has 2 amide bonds. The van der Waals surface area contributed by atoms with Crippen molar-refractivity contribution in [2.75, 3.05) is 4.90 Å². The summed E-state index contributed by atoms with van der Waals surface area (Å²) in [6.07, 6.45) is 1.90. The summed E-state index contributed by atoms with van der Waals surface area (Å²) in [6.45, 7) is 3.97. The second-order valence-corrected chi connectivity index (χ2v) is 11.0. The Bertz CT molecular complexity index is 1640. The summed E-state index contributed by atoms with van der Waals surface area (Å²) in [7, 11) is 0. The minimum absolute atomic E-state index is 0.138. The zero-order valence-electron chi connectivity index (χ0n) is 21.1. The molecular weight excluding hydrogens is 492 g/mol. The summed E-state index contributed by atoms with van der Waals surface area (Å²) in [5.74, 6) is -1.62. The summed E-state index contributed by atoms with van der Waals surface area (Å²) >= 11 is 6.27. The Labute approximate surface area is 226 Å². The number of aliphatic imine (C=N–C) groups is 1. The van der Waals surface area contributed by atoms with Crippen LogP contribution in [-0.4, -0.2) is 18.0 Å². The standard InChI is InChI=1S/C33H25ClN2O2/c1-19-14-15-27(20(2)16-19)36-31(37)29-28-23-10-3-5-12-25(23)33(30(29)32(36)38,26-13-6-4-11-24(26)28)18-35-22-9-7-8-21(34)17-22/h3-18,28-30H,1-2H3/t28?,29-,30-,33?/m0/s1. The second kappa shape index (κ2) is 8.24. The molecule has 0 aromatic heterocycles. The number of halogens is 1. The second-order valence-electron chi connectivity index (χ2n) is 10.6. The first-order valence-electron chi connectivity index (χ1n) is 12.9. The Balaban J connectivity index is 1.51. The number of benzene rings is 4. The molecule has 186 valence electrons. The van der Waals surface area contributed by atoms with E-state index in [0.717, 1.165) is 33.4 Å². The summed E-state index contributed by atoms with van der Waals surface area (Å²) in [5, 5.41) is 0.594. The van der Waals surface area contributed by atoms with Crippen LogP contribution in [0.25, 0.3) is 0 Å². The van der Waals surface area contributed by atoms with E-state index in [9.17, 15) is 9.59 Å². The van der Waals surface area contributed by atoms with Crippen LogP contribution in [0.15, 0.2) is 96.0 Å². The number of carbonyl (C=O) groups excluding carboxylic acids is 2. The van der Waals surface area contributed by atoms with E-state index in [1.54, 1.807) is 0 Å². The fourth-order valence-corrected chi connectivity index (χ4v) is 7.26. The third-order valence-electron chi connectivity index (χ3n) is 8.50. The number of nitrogens with zero attached hydrogens (tertiary/aromatic N) is 2. The van der Waals surface area contributed by atoms with E-state index >= 15 is 0 Å². The van der Waals surface area contributed by atoms with Crippen LogP contribution in [0.3, 0.4) is 0 Å². The van der Waals surface area contributed by atoms with Gasteiger partial charge in [0.15, 0.2) is 0 Å². The van der Waals surface area contributed by atoms with Crippen molar-refractivity contribution in [3.8, 4) is 0 Å². The van der Waals surface area contributed by atoms with Crippen LogP contribution < -0.4 is 4.90 Å². The van der Waals surface area contributed by atoms with Crippen molar-refractivity contribution in [1.82, 2.24) is 0 Å². The van der Waals surface area contributed by atoms with Gasteiger partial charge in [-0.1, -0.05) is 83.9 Å². The SMILES string of the molecule is Cc1ccc(N2C(=O)[C@@H]3[C@@H](C2=O)C2c4ccccc4C3(C=Nc3cccc(Cl)c3)c3ccccc32)c(C)c1. The average molecular weight is 517 g/mol. The number of hydrogen-bond donors (Lipinski definition) is 0. The largest absolute Gasteiger partial charge is 0.274 e.